The normalized spacial score (nSPS) is 11.2. The van der Waals surface area contributed by atoms with Crippen molar-refractivity contribution in [2.75, 3.05) is 0 Å². The average Bonchev–Trinajstić information content (AvgIpc) is 2.84. The monoisotopic (exact) mass is 396 g/mol. The Labute approximate surface area is 181 Å². The molecule has 0 heterocycles. The molecule has 0 amide bonds. The van der Waals surface area contributed by atoms with Gasteiger partial charge in [-0.2, -0.15) is 0 Å². The molecule has 0 aromatic heterocycles. The Bertz CT molecular complexity index is 1530. The molecule has 6 aromatic rings. The zero-order chi connectivity index (χ0) is 20.6. The van der Waals surface area contributed by atoms with E-state index in [-0.39, 0.29) is 0 Å². The van der Waals surface area contributed by atoms with Crippen LogP contribution in [0.2, 0.25) is 0 Å². The van der Waals surface area contributed by atoms with Gasteiger partial charge in [-0.25, -0.2) is 0 Å². The van der Waals surface area contributed by atoms with E-state index in [1.807, 2.05) is 30.3 Å². The van der Waals surface area contributed by atoms with Gasteiger partial charge >= 0.3 is 0 Å². The van der Waals surface area contributed by atoms with E-state index in [2.05, 4.69) is 91.0 Å². The van der Waals surface area contributed by atoms with Crippen molar-refractivity contribution in [2.45, 2.75) is 0 Å². The van der Waals surface area contributed by atoms with Gasteiger partial charge in [-0.3, -0.25) is 0 Å². The van der Waals surface area contributed by atoms with Crippen LogP contribution in [0.25, 0.3) is 43.4 Å². The molecule has 0 spiro atoms. The number of rotatable bonds is 3. The SMILES string of the molecule is c1ccc(Oc2c3ccccc3cc3cc4ccccc4c(-c4ccccc4)c23)cc1. The highest BCUT2D eigenvalue weighted by atomic mass is 16.5. The van der Waals surface area contributed by atoms with Crippen molar-refractivity contribution >= 4 is 32.3 Å². The van der Waals surface area contributed by atoms with Crippen molar-refractivity contribution in [1.29, 1.82) is 0 Å². The number of benzene rings is 6. The molecule has 0 aliphatic heterocycles. The maximum Gasteiger partial charge on any atom is 0.143 e. The molecule has 0 aliphatic rings. The number of para-hydroxylation sites is 1. The molecule has 146 valence electrons. The number of fused-ring (bicyclic) bond motifs is 3. The van der Waals surface area contributed by atoms with E-state index in [1.165, 1.54) is 32.7 Å². The van der Waals surface area contributed by atoms with Gasteiger partial charge in [0.25, 0.3) is 0 Å². The highest BCUT2D eigenvalue weighted by Gasteiger charge is 2.17. The molecule has 31 heavy (non-hydrogen) atoms. The van der Waals surface area contributed by atoms with Crippen LogP contribution in [0.5, 0.6) is 11.5 Å². The van der Waals surface area contributed by atoms with Crippen molar-refractivity contribution in [3.05, 3.63) is 121 Å². The fraction of sp³-hybridized carbons (Fsp3) is 0. The summed E-state index contributed by atoms with van der Waals surface area (Å²) in [6.45, 7) is 0. The maximum absolute atomic E-state index is 6.62. The van der Waals surface area contributed by atoms with Gasteiger partial charge in [-0.05, 0) is 51.4 Å². The molecular formula is C30H20O. The van der Waals surface area contributed by atoms with E-state index in [9.17, 15) is 0 Å². The van der Waals surface area contributed by atoms with Crippen LogP contribution in [0.15, 0.2) is 121 Å². The molecule has 0 unspecified atom stereocenters. The molecule has 0 bridgehead atoms. The lowest BCUT2D eigenvalue weighted by Crippen LogP contribution is -1.92. The quantitative estimate of drug-likeness (QED) is 0.272. The predicted octanol–water partition coefficient (Wildman–Crippen LogP) is 8.61. The second-order valence-electron chi connectivity index (χ2n) is 7.78. The lowest BCUT2D eigenvalue weighted by atomic mass is 9.90. The minimum absolute atomic E-state index is 0.840. The van der Waals surface area contributed by atoms with Crippen LogP contribution < -0.4 is 4.74 Å². The fourth-order valence-electron chi connectivity index (χ4n) is 4.48. The summed E-state index contributed by atoms with van der Waals surface area (Å²) in [5, 5.41) is 7.08. The van der Waals surface area contributed by atoms with Crippen LogP contribution >= 0.6 is 0 Å². The molecule has 0 fully saturated rings. The Morgan fingerprint density at radius 1 is 0.452 bits per heavy atom. The average molecular weight is 396 g/mol. The van der Waals surface area contributed by atoms with Crippen LogP contribution in [0.3, 0.4) is 0 Å². The number of hydrogen-bond acceptors (Lipinski definition) is 1. The number of ether oxygens (including phenoxy) is 1. The van der Waals surface area contributed by atoms with Crippen molar-refractivity contribution in [3.8, 4) is 22.6 Å². The highest BCUT2D eigenvalue weighted by Crippen LogP contribution is 2.45. The van der Waals surface area contributed by atoms with Crippen molar-refractivity contribution in [3.63, 3.8) is 0 Å². The van der Waals surface area contributed by atoms with Crippen LogP contribution in [-0.4, -0.2) is 0 Å². The van der Waals surface area contributed by atoms with Crippen LogP contribution in [0, 0.1) is 0 Å². The van der Waals surface area contributed by atoms with Gasteiger partial charge in [0.15, 0.2) is 0 Å². The summed E-state index contributed by atoms with van der Waals surface area (Å²) < 4.78 is 6.62. The van der Waals surface area contributed by atoms with Crippen molar-refractivity contribution < 1.29 is 4.74 Å². The first-order valence-electron chi connectivity index (χ1n) is 10.5. The molecule has 6 rings (SSSR count). The third kappa shape index (κ3) is 3.03. The predicted molar refractivity (Wildman–Crippen MR) is 131 cm³/mol. The van der Waals surface area contributed by atoms with Gasteiger partial charge in [0.05, 0.1) is 0 Å². The third-order valence-electron chi connectivity index (χ3n) is 5.85. The lowest BCUT2D eigenvalue weighted by molar-refractivity contribution is 0.494. The summed E-state index contributed by atoms with van der Waals surface area (Å²) in [4.78, 5) is 0. The van der Waals surface area contributed by atoms with Gasteiger partial charge in [-0.15, -0.1) is 0 Å². The second kappa shape index (κ2) is 7.30. The fourth-order valence-corrected chi connectivity index (χ4v) is 4.48. The minimum Gasteiger partial charge on any atom is -0.456 e. The van der Waals surface area contributed by atoms with Crippen molar-refractivity contribution in [2.24, 2.45) is 0 Å². The summed E-state index contributed by atoms with van der Waals surface area (Å²) in [5.74, 6) is 1.75. The van der Waals surface area contributed by atoms with E-state index in [0.29, 0.717) is 0 Å². The molecule has 1 nitrogen and oxygen atoms in total. The number of hydrogen-bond donors (Lipinski definition) is 0. The Morgan fingerprint density at radius 3 is 1.71 bits per heavy atom. The largest absolute Gasteiger partial charge is 0.456 e. The zero-order valence-corrected chi connectivity index (χ0v) is 17.0. The first kappa shape index (κ1) is 17.7. The molecule has 0 saturated heterocycles. The van der Waals surface area contributed by atoms with Crippen LogP contribution in [-0.2, 0) is 0 Å². The summed E-state index contributed by atoms with van der Waals surface area (Å²) >= 11 is 0. The van der Waals surface area contributed by atoms with Gasteiger partial charge in [0.2, 0.25) is 0 Å². The van der Waals surface area contributed by atoms with Crippen molar-refractivity contribution in [1.82, 2.24) is 0 Å². The minimum atomic E-state index is 0.840. The molecule has 1 heteroatoms. The Morgan fingerprint density at radius 2 is 1.00 bits per heavy atom. The summed E-state index contributed by atoms with van der Waals surface area (Å²) in [5.41, 5.74) is 2.41. The van der Waals surface area contributed by atoms with Crippen LogP contribution in [0.1, 0.15) is 0 Å². The molecule has 0 saturated carbocycles. The van der Waals surface area contributed by atoms with E-state index < -0.39 is 0 Å². The molecule has 6 aromatic carbocycles. The Kier molecular flexibility index (Phi) is 4.18. The van der Waals surface area contributed by atoms with E-state index in [4.69, 9.17) is 4.74 Å². The van der Waals surface area contributed by atoms with Gasteiger partial charge in [0.1, 0.15) is 11.5 Å². The zero-order valence-electron chi connectivity index (χ0n) is 17.0. The molecule has 0 N–H and O–H groups in total. The Hall–Kier alpha value is -4.10. The van der Waals surface area contributed by atoms with E-state index in [1.54, 1.807) is 0 Å². The summed E-state index contributed by atoms with van der Waals surface area (Å²) in [6, 6.07) is 42.3. The lowest BCUT2D eigenvalue weighted by Gasteiger charge is -2.18. The molecule has 0 atom stereocenters. The van der Waals surface area contributed by atoms with Crippen LogP contribution in [0.4, 0.5) is 0 Å². The first-order valence-corrected chi connectivity index (χ1v) is 10.5. The standard InChI is InChI=1S/C30H20O/c1-3-11-21(12-4-1)28-26-17-9-7-13-22(26)19-24-20-23-14-8-10-18-27(23)30(29(24)28)31-25-15-5-2-6-16-25/h1-20H. The third-order valence-corrected chi connectivity index (χ3v) is 5.85. The molecular weight excluding hydrogens is 376 g/mol. The smallest absolute Gasteiger partial charge is 0.143 e. The molecule has 0 radical (unpaired) electrons. The van der Waals surface area contributed by atoms with Gasteiger partial charge in [-0.1, -0.05) is 97.1 Å². The highest BCUT2D eigenvalue weighted by molar-refractivity contribution is 6.19. The summed E-state index contributed by atoms with van der Waals surface area (Å²) in [7, 11) is 0. The van der Waals surface area contributed by atoms with Gasteiger partial charge in [0, 0.05) is 16.3 Å². The maximum atomic E-state index is 6.62. The van der Waals surface area contributed by atoms with E-state index in [0.717, 1.165) is 22.3 Å². The Balaban J connectivity index is 1.81. The first-order chi connectivity index (χ1) is 15.4. The second-order valence-corrected chi connectivity index (χ2v) is 7.78. The summed E-state index contributed by atoms with van der Waals surface area (Å²) in [6.07, 6.45) is 0. The topological polar surface area (TPSA) is 9.23 Å². The van der Waals surface area contributed by atoms with E-state index >= 15 is 0 Å². The van der Waals surface area contributed by atoms with Gasteiger partial charge < -0.3 is 4.74 Å². The molecule has 0 aliphatic carbocycles.